The Morgan fingerprint density at radius 3 is 2.64 bits per heavy atom. The van der Waals surface area contributed by atoms with Crippen LogP contribution in [0, 0.1) is 0 Å². The summed E-state index contributed by atoms with van der Waals surface area (Å²) >= 11 is 3.59. The molecule has 1 atom stereocenters. The van der Waals surface area contributed by atoms with Crippen LogP contribution in [0.2, 0.25) is 0 Å². The molecule has 0 aliphatic heterocycles. The van der Waals surface area contributed by atoms with Crippen LogP contribution in [-0.4, -0.2) is 9.81 Å². The Kier molecular flexibility index (Phi) is 3.57. The lowest BCUT2D eigenvalue weighted by Crippen LogP contribution is -1.99. The van der Waals surface area contributed by atoms with Gasteiger partial charge in [-0.1, -0.05) is 22.9 Å². The molecular formula is C9H12BrN. The highest BCUT2D eigenvalue weighted by atomic mass is 79.9. The van der Waals surface area contributed by atoms with Gasteiger partial charge in [-0.2, -0.15) is 0 Å². The highest BCUT2D eigenvalue weighted by Gasteiger charge is 2.00. The number of hydrogen-bond acceptors (Lipinski definition) is 1. The molecule has 0 radical (unpaired) electrons. The van der Waals surface area contributed by atoms with Gasteiger partial charge in [-0.3, -0.25) is 4.98 Å². The molecule has 1 aromatic rings. The summed E-state index contributed by atoms with van der Waals surface area (Å²) in [7, 11) is 0. The van der Waals surface area contributed by atoms with Crippen molar-refractivity contribution in [2.24, 2.45) is 0 Å². The zero-order valence-electron chi connectivity index (χ0n) is 6.63. The minimum Gasteiger partial charge on any atom is -0.265 e. The molecule has 0 amide bonds. The zero-order valence-corrected chi connectivity index (χ0v) is 8.21. The van der Waals surface area contributed by atoms with Gasteiger partial charge in [0.1, 0.15) is 0 Å². The molecule has 0 aromatic carbocycles. The van der Waals surface area contributed by atoms with E-state index in [1.165, 1.54) is 12.0 Å². The van der Waals surface area contributed by atoms with E-state index in [2.05, 4.69) is 40.0 Å². The standard InChI is InChI=1S/C9H12BrN/c1-2-9(10)7-8-3-5-11-6-4-8/h3-6,9H,2,7H2,1H3. The molecule has 1 aromatic heterocycles. The van der Waals surface area contributed by atoms with Crippen molar-refractivity contribution in [1.29, 1.82) is 0 Å². The molecule has 1 nitrogen and oxygen atoms in total. The van der Waals surface area contributed by atoms with Crippen LogP contribution in [0.15, 0.2) is 24.5 Å². The van der Waals surface area contributed by atoms with E-state index in [-0.39, 0.29) is 0 Å². The molecule has 1 heterocycles. The van der Waals surface area contributed by atoms with Crippen LogP contribution in [-0.2, 0) is 6.42 Å². The number of rotatable bonds is 3. The van der Waals surface area contributed by atoms with Crippen molar-refractivity contribution >= 4 is 15.9 Å². The average Bonchev–Trinajstić information content (AvgIpc) is 2.06. The summed E-state index contributed by atoms with van der Waals surface area (Å²) in [5.41, 5.74) is 1.35. The van der Waals surface area contributed by atoms with E-state index in [0.29, 0.717) is 4.83 Å². The van der Waals surface area contributed by atoms with Crippen molar-refractivity contribution in [1.82, 2.24) is 4.98 Å². The highest BCUT2D eigenvalue weighted by molar-refractivity contribution is 9.09. The maximum Gasteiger partial charge on any atom is 0.0270 e. The number of nitrogens with zero attached hydrogens (tertiary/aromatic N) is 1. The van der Waals surface area contributed by atoms with Crippen LogP contribution in [0.5, 0.6) is 0 Å². The Morgan fingerprint density at radius 2 is 2.09 bits per heavy atom. The van der Waals surface area contributed by atoms with Crippen LogP contribution in [0.3, 0.4) is 0 Å². The van der Waals surface area contributed by atoms with Crippen molar-refractivity contribution in [3.05, 3.63) is 30.1 Å². The second-order valence-electron chi connectivity index (χ2n) is 2.57. The van der Waals surface area contributed by atoms with Crippen molar-refractivity contribution in [2.45, 2.75) is 24.6 Å². The minimum absolute atomic E-state index is 0.602. The van der Waals surface area contributed by atoms with Crippen molar-refractivity contribution in [3.63, 3.8) is 0 Å². The van der Waals surface area contributed by atoms with Crippen LogP contribution >= 0.6 is 15.9 Å². The highest BCUT2D eigenvalue weighted by Crippen LogP contribution is 2.11. The topological polar surface area (TPSA) is 12.9 Å². The Hall–Kier alpha value is -0.370. The lowest BCUT2D eigenvalue weighted by Gasteiger charge is -2.04. The van der Waals surface area contributed by atoms with Gasteiger partial charge in [-0.25, -0.2) is 0 Å². The Morgan fingerprint density at radius 1 is 1.45 bits per heavy atom. The fraction of sp³-hybridized carbons (Fsp3) is 0.444. The van der Waals surface area contributed by atoms with E-state index in [1.807, 2.05) is 12.4 Å². The Balaban J connectivity index is 2.51. The van der Waals surface area contributed by atoms with Crippen LogP contribution in [0.4, 0.5) is 0 Å². The molecule has 11 heavy (non-hydrogen) atoms. The first-order chi connectivity index (χ1) is 5.33. The third kappa shape index (κ3) is 3.02. The van der Waals surface area contributed by atoms with Gasteiger partial charge in [0, 0.05) is 17.2 Å². The molecular weight excluding hydrogens is 202 g/mol. The summed E-state index contributed by atoms with van der Waals surface area (Å²) < 4.78 is 0. The van der Waals surface area contributed by atoms with Gasteiger partial charge in [0.25, 0.3) is 0 Å². The van der Waals surface area contributed by atoms with E-state index in [1.54, 1.807) is 0 Å². The summed E-state index contributed by atoms with van der Waals surface area (Å²) in [6, 6.07) is 4.12. The number of aromatic nitrogens is 1. The average molecular weight is 214 g/mol. The second-order valence-corrected chi connectivity index (χ2v) is 3.86. The molecule has 0 saturated carbocycles. The number of alkyl halides is 1. The molecule has 60 valence electrons. The number of halogens is 1. The molecule has 0 aliphatic carbocycles. The van der Waals surface area contributed by atoms with Crippen molar-refractivity contribution in [3.8, 4) is 0 Å². The molecule has 0 saturated heterocycles. The van der Waals surface area contributed by atoms with Gasteiger partial charge < -0.3 is 0 Å². The minimum atomic E-state index is 0.602. The summed E-state index contributed by atoms with van der Waals surface area (Å²) in [6.07, 6.45) is 5.94. The number of pyridine rings is 1. The van der Waals surface area contributed by atoms with Gasteiger partial charge in [0.05, 0.1) is 0 Å². The molecule has 1 unspecified atom stereocenters. The summed E-state index contributed by atoms with van der Waals surface area (Å²) in [6.45, 7) is 2.18. The van der Waals surface area contributed by atoms with Crippen LogP contribution < -0.4 is 0 Å². The molecule has 0 fully saturated rings. The van der Waals surface area contributed by atoms with Crippen LogP contribution in [0.1, 0.15) is 18.9 Å². The Bertz CT molecular complexity index is 198. The summed E-state index contributed by atoms with van der Waals surface area (Å²) in [5.74, 6) is 0. The van der Waals surface area contributed by atoms with Gasteiger partial charge in [0.15, 0.2) is 0 Å². The Labute approximate surface area is 76.0 Å². The van der Waals surface area contributed by atoms with E-state index >= 15 is 0 Å². The molecule has 1 rings (SSSR count). The van der Waals surface area contributed by atoms with Crippen molar-refractivity contribution in [2.75, 3.05) is 0 Å². The quantitative estimate of drug-likeness (QED) is 0.705. The normalized spacial score (nSPS) is 12.9. The zero-order chi connectivity index (χ0) is 8.10. The maximum absolute atomic E-state index is 3.96. The van der Waals surface area contributed by atoms with Crippen molar-refractivity contribution < 1.29 is 0 Å². The second kappa shape index (κ2) is 4.50. The molecule has 0 aliphatic rings. The van der Waals surface area contributed by atoms with E-state index < -0.39 is 0 Å². The molecule has 2 heteroatoms. The monoisotopic (exact) mass is 213 g/mol. The molecule has 0 bridgehead atoms. The fourth-order valence-corrected chi connectivity index (χ4v) is 1.29. The van der Waals surface area contributed by atoms with Gasteiger partial charge in [0.2, 0.25) is 0 Å². The molecule has 0 spiro atoms. The fourth-order valence-electron chi connectivity index (χ4n) is 0.919. The van der Waals surface area contributed by atoms with E-state index in [4.69, 9.17) is 0 Å². The first-order valence-corrected chi connectivity index (χ1v) is 4.77. The first-order valence-electron chi connectivity index (χ1n) is 3.86. The maximum atomic E-state index is 3.96. The largest absolute Gasteiger partial charge is 0.265 e. The molecule has 0 N–H and O–H groups in total. The number of hydrogen-bond donors (Lipinski definition) is 0. The summed E-state index contributed by atoms with van der Waals surface area (Å²) in [5, 5.41) is 0. The van der Waals surface area contributed by atoms with E-state index in [0.717, 1.165) is 6.42 Å². The third-order valence-electron chi connectivity index (χ3n) is 1.65. The lowest BCUT2D eigenvalue weighted by atomic mass is 10.1. The SMILES string of the molecule is CCC(Br)Cc1ccncc1. The first kappa shape index (κ1) is 8.72. The van der Waals surface area contributed by atoms with Crippen LogP contribution in [0.25, 0.3) is 0 Å². The lowest BCUT2D eigenvalue weighted by molar-refractivity contribution is 0.828. The summed E-state index contributed by atoms with van der Waals surface area (Å²) in [4.78, 5) is 4.56. The van der Waals surface area contributed by atoms with Gasteiger partial charge >= 0.3 is 0 Å². The van der Waals surface area contributed by atoms with E-state index in [9.17, 15) is 0 Å². The third-order valence-corrected chi connectivity index (χ3v) is 2.62. The predicted octanol–water partition coefficient (Wildman–Crippen LogP) is 2.80. The smallest absolute Gasteiger partial charge is 0.0270 e. The predicted molar refractivity (Wildman–Crippen MR) is 50.9 cm³/mol. The van der Waals surface area contributed by atoms with Gasteiger partial charge in [-0.05, 0) is 30.5 Å². The van der Waals surface area contributed by atoms with Gasteiger partial charge in [-0.15, -0.1) is 0 Å².